The van der Waals surface area contributed by atoms with Gasteiger partial charge in [0.2, 0.25) is 0 Å². The number of carboxylic acids is 1. The summed E-state index contributed by atoms with van der Waals surface area (Å²) in [5, 5.41) is 10.9. The Kier molecular flexibility index (Phi) is 4.81. The van der Waals surface area contributed by atoms with Gasteiger partial charge in [-0.1, -0.05) is 17.7 Å². The van der Waals surface area contributed by atoms with E-state index in [0.29, 0.717) is 0 Å². The van der Waals surface area contributed by atoms with Crippen molar-refractivity contribution in [2.24, 2.45) is 5.73 Å². The zero-order valence-electron chi connectivity index (χ0n) is 5.63. The van der Waals surface area contributed by atoms with Crippen LogP contribution in [-0.4, -0.2) is 23.4 Å². The van der Waals surface area contributed by atoms with Crippen LogP contribution in [0.4, 0.5) is 0 Å². The van der Waals surface area contributed by atoms with Crippen molar-refractivity contribution in [2.75, 3.05) is 6.26 Å². The third-order valence-electron chi connectivity index (χ3n) is 0.741. The van der Waals surface area contributed by atoms with Gasteiger partial charge in [-0.15, -0.1) is 0 Å². The minimum Gasteiger partial charge on any atom is -0.481 e. The molecule has 0 amide bonds. The number of hydrogen-bond donors (Lipinski definition) is 2. The Hall–Kier alpha value is -0.660. The predicted octanol–water partition coefficient (Wildman–Crippen LogP) is 0.112. The van der Waals surface area contributed by atoms with Crippen molar-refractivity contribution in [1.29, 1.82) is 0 Å². The lowest BCUT2D eigenvalue weighted by Gasteiger charge is -1.95. The molecular formula is C6H9NO2S. The highest BCUT2D eigenvalue weighted by Gasteiger charge is 2.02. The van der Waals surface area contributed by atoms with E-state index < -0.39 is 12.0 Å². The van der Waals surface area contributed by atoms with Gasteiger partial charge >= 0.3 is 5.97 Å². The molecule has 0 radical (unpaired) electrons. The van der Waals surface area contributed by atoms with Gasteiger partial charge in [0.15, 0.2) is 0 Å². The molecule has 0 aliphatic heterocycles. The number of hydrogen-bond acceptors (Lipinski definition) is 3. The van der Waals surface area contributed by atoms with E-state index in [9.17, 15) is 4.79 Å². The average molecular weight is 159 g/mol. The minimum atomic E-state index is -0.914. The molecule has 10 heavy (non-hydrogen) atoms. The third-order valence-corrected chi connectivity index (χ3v) is 1.06. The number of nitrogens with two attached hydrogens (primary N) is 1. The van der Waals surface area contributed by atoms with Crippen molar-refractivity contribution >= 4 is 17.7 Å². The molecule has 0 aromatic carbocycles. The van der Waals surface area contributed by atoms with E-state index in [1.807, 2.05) is 0 Å². The van der Waals surface area contributed by atoms with Gasteiger partial charge in [-0.2, -0.15) is 0 Å². The number of aliphatic carboxylic acids is 1. The SMILES string of the molecule is CSC#CC(N)CC(=O)O. The Labute approximate surface area is 64.0 Å². The molecule has 0 spiro atoms. The van der Waals surface area contributed by atoms with Crippen molar-refractivity contribution in [1.82, 2.24) is 0 Å². The van der Waals surface area contributed by atoms with E-state index >= 15 is 0 Å². The summed E-state index contributed by atoms with van der Waals surface area (Å²) in [6.45, 7) is 0. The molecule has 0 bridgehead atoms. The highest BCUT2D eigenvalue weighted by Crippen LogP contribution is 1.89. The van der Waals surface area contributed by atoms with Gasteiger partial charge in [0, 0.05) is 0 Å². The maximum atomic E-state index is 10.0. The fourth-order valence-electron chi connectivity index (χ4n) is 0.374. The molecule has 0 saturated carbocycles. The zero-order chi connectivity index (χ0) is 7.98. The molecule has 0 rings (SSSR count). The molecule has 0 heterocycles. The monoisotopic (exact) mass is 159 g/mol. The predicted molar refractivity (Wildman–Crippen MR) is 41.5 cm³/mol. The third kappa shape index (κ3) is 5.48. The summed E-state index contributed by atoms with van der Waals surface area (Å²) < 4.78 is 0. The van der Waals surface area contributed by atoms with Crippen LogP contribution in [0, 0.1) is 11.2 Å². The van der Waals surface area contributed by atoms with Gasteiger partial charge in [0.25, 0.3) is 0 Å². The molecule has 3 nitrogen and oxygen atoms in total. The van der Waals surface area contributed by atoms with Crippen LogP contribution >= 0.6 is 11.8 Å². The molecular weight excluding hydrogens is 150 g/mol. The van der Waals surface area contributed by atoms with Crippen LogP contribution in [0.5, 0.6) is 0 Å². The van der Waals surface area contributed by atoms with Gasteiger partial charge < -0.3 is 10.8 Å². The fraction of sp³-hybridized carbons (Fsp3) is 0.500. The first kappa shape index (κ1) is 9.34. The topological polar surface area (TPSA) is 63.3 Å². The molecule has 0 saturated heterocycles. The lowest BCUT2D eigenvalue weighted by Crippen LogP contribution is -2.21. The van der Waals surface area contributed by atoms with Crippen molar-refractivity contribution in [3.63, 3.8) is 0 Å². The van der Waals surface area contributed by atoms with Crippen LogP contribution in [0.25, 0.3) is 0 Å². The fourth-order valence-corrected chi connectivity index (χ4v) is 0.643. The molecule has 0 fully saturated rings. The lowest BCUT2D eigenvalue weighted by atomic mass is 10.2. The highest BCUT2D eigenvalue weighted by atomic mass is 32.2. The van der Waals surface area contributed by atoms with Crippen LogP contribution in [-0.2, 0) is 4.79 Å². The molecule has 56 valence electrons. The molecule has 0 aliphatic carbocycles. The summed E-state index contributed by atoms with van der Waals surface area (Å²) in [4.78, 5) is 10.0. The number of thioether (sulfide) groups is 1. The van der Waals surface area contributed by atoms with E-state index in [2.05, 4.69) is 11.2 Å². The second-order valence-electron chi connectivity index (χ2n) is 1.65. The Bertz CT molecular complexity index is 170. The summed E-state index contributed by atoms with van der Waals surface area (Å²) in [6.07, 6.45) is 1.72. The van der Waals surface area contributed by atoms with Gasteiger partial charge in [0.1, 0.15) is 0 Å². The lowest BCUT2D eigenvalue weighted by molar-refractivity contribution is -0.137. The van der Waals surface area contributed by atoms with Crippen LogP contribution in [0.3, 0.4) is 0 Å². The maximum absolute atomic E-state index is 10.0. The molecule has 4 heteroatoms. The van der Waals surface area contributed by atoms with Gasteiger partial charge in [-0.05, 0) is 11.5 Å². The first-order valence-electron chi connectivity index (χ1n) is 2.67. The maximum Gasteiger partial charge on any atom is 0.305 e. The number of carbonyl (C=O) groups is 1. The molecule has 0 aromatic rings. The van der Waals surface area contributed by atoms with Gasteiger partial charge in [-0.3, -0.25) is 4.79 Å². The van der Waals surface area contributed by atoms with Gasteiger partial charge in [0.05, 0.1) is 12.5 Å². The van der Waals surface area contributed by atoms with Crippen LogP contribution < -0.4 is 5.73 Å². The first-order valence-corrected chi connectivity index (χ1v) is 3.90. The summed E-state index contributed by atoms with van der Waals surface area (Å²) in [6, 6.07) is -0.537. The Morgan fingerprint density at radius 3 is 2.90 bits per heavy atom. The van der Waals surface area contributed by atoms with Crippen molar-refractivity contribution < 1.29 is 9.90 Å². The standard InChI is InChI=1S/C6H9NO2S/c1-10-3-2-5(7)4-6(8)9/h5H,4,7H2,1H3,(H,8,9). The second-order valence-corrected chi connectivity index (χ2v) is 2.27. The molecule has 1 atom stereocenters. The molecule has 0 aromatic heterocycles. The van der Waals surface area contributed by atoms with E-state index in [-0.39, 0.29) is 6.42 Å². The second kappa shape index (κ2) is 5.15. The van der Waals surface area contributed by atoms with Crippen molar-refractivity contribution in [3.05, 3.63) is 0 Å². The summed E-state index contributed by atoms with van der Waals surface area (Å²) in [5.41, 5.74) is 5.29. The van der Waals surface area contributed by atoms with Crippen molar-refractivity contribution in [2.45, 2.75) is 12.5 Å². The summed E-state index contributed by atoms with van der Waals surface area (Å²) in [7, 11) is 0. The zero-order valence-corrected chi connectivity index (χ0v) is 6.44. The largest absolute Gasteiger partial charge is 0.481 e. The Balaban J connectivity index is 3.63. The number of rotatable bonds is 2. The van der Waals surface area contributed by atoms with Crippen molar-refractivity contribution in [3.8, 4) is 11.2 Å². The van der Waals surface area contributed by atoms with E-state index in [0.717, 1.165) is 0 Å². The van der Waals surface area contributed by atoms with Crippen LogP contribution in [0.15, 0.2) is 0 Å². The Morgan fingerprint density at radius 1 is 1.90 bits per heavy atom. The smallest absolute Gasteiger partial charge is 0.305 e. The highest BCUT2D eigenvalue weighted by molar-refractivity contribution is 8.03. The molecule has 0 aliphatic rings. The number of carboxylic acid groups (broad SMARTS) is 1. The minimum absolute atomic E-state index is 0.0897. The summed E-state index contributed by atoms with van der Waals surface area (Å²) in [5.74, 6) is 1.66. The van der Waals surface area contributed by atoms with Crippen LogP contribution in [0.1, 0.15) is 6.42 Å². The average Bonchev–Trinajstić information content (AvgIpc) is 1.82. The van der Waals surface area contributed by atoms with Crippen LogP contribution in [0.2, 0.25) is 0 Å². The Morgan fingerprint density at radius 2 is 2.50 bits per heavy atom. The van der Waals surface area contributed by atoms with E-state index in [4.69, 9.17) is 10.8 Å². The normalized spacial score (nSPS) is 11.4. The molecule has 3 N–H and O–H groups in total. The first-order chi connectivity index (χ1) is 4.66. The van der Waals surface area contributed by atoms with E-state index in [1.165, 1.54) is 11.8 Å². The van der Waals surface area contributed by atoms with Gasteiger partial charge in [-0.25, -0.2) is 0 Å². The molecule has 1 unspecified atom stereocenters. The summed E-state index contributed by atoms with van der Waals surface area (Å²) >= 11 is 1.32. The van der Waals surface area contributed by atoms with E-state index in [1.54, 1.807) is 6.26 Å². The quantitative estimate of drug-likeness (QED) is 0.561.